The number of benzene rings is 1. The number of hydrogen-bond donors (Lipinski definition) is 2. The first-order valence-corrected chi connectivity index (χ1v) is 6.83. The zero-order chi connectivity index (χ0) is 13.8. The molecule has 0 saturated heterocycles. The molecule has 0 heterocycles. The maximum atomic E-state index is 12.0. The lowest BCUT2D eigenvalue weighted by Crippen LogP contribution is -2.30. The topological polar surface area (TPSA) is 64.3 Å². The molecule has 2 atom stereocenters. The van der Waals surface area contributed by atoms with Crippen molar-refractivity contribution in [3.05, 3.63) is 28.8 Å². The molecule has 0 spiro atoms. The Hall–Kier alpha value is -1.26. The highest BCUT2D eigenvalue weighted by Gasteiger charge is 2.27. The second-order valence-corrected chi connectivity index (χ2v) is 5.38. The van der Waals surface area contributed by atoms with E-state index in [0.29, 0.717) is 11.6 Å². The van der Waals surface area contributed by atoms with Crippen LogP contribution in [0.25, 0.3) is 0 Å². The fourth-order valence-electron chi connectivity index (χ4n) is 2.47. The molecule has 0 bridgehead atoms. The van der Waals surface area contributed by atoms with Gasteiger partial charge in [0.2, 0.25) is 5.91 Å². The minimum absolute atomic E-state index is 0.0418. The SMILES string of the molecule is COc1ccc(Cl)cc1CNC(=O)C1CCC(N)C1. The molecule has 1 aliphatic rings. The molecule has 1 aliphatic carbocycles. The fourth-order valence-corrected chi connectivity index (χ4v) is 2.66. The van der Waals surface area contributed by atoms with Crippen LogP contribution in [0.2, 0.25) is 5.02 Å². The largest absolute Gasteiger partial charge is 0.496 e. The number of carbonyl (C=O) groups excluding carboxylic acids is 1. The number of methoxy groups -OCH3 is 1. The number of carbonyl (C=O) groups is 1. The molecule has 2 rings (SSSR count). The summed E-state index contributed by atoms with van der Waals surface area (Å²) < 4.78 is 5.25. The quantitative estimate of drug-likeness (QED) is 0.889. The smallest absolute Gasteiger partial charge is 0.223 e. The monoisotopic (exact) mass is 282 g/mol. The van der Waals surface area contributed by atoms with Gasteiger partial charge < -0.3 is 15.8 Å². The van der Waals surface area contributed by atoms with Gasteiger partial charge in [-0.3, -0.25) is 4.79 Å². The van der Waals surface area contributed by atoms with Gasteiger partial charge in [-0.1, -0.05) is 11.6 Å². The van der Waals surface area contributed by atoms with Crippen LogP contribution < -0.4 is 15.8 Å². The molecule has 3 N–H and O–H groups in total. The lowest BCUT2D eigenvalue weighted by Gasteiger charge is -2.13. The molecule has 5 heteroatoms. The van der Waals surface area contributed by atoms with Crippen molar-refractivity contribution in [3.8, 4) is 5.75 Å². The molecule has 0 aromatic heterocycles. The van der Waals surface area contributed by atoms with Gasteiger partial charge in [-0.05, 0) is 37.5 Å². The predicted molar refractivity (Wildman–Crippen MR) is 75.2 cm³/mol. The molecule has 1 aromatic rings. The average Bonchev–Trinajstić information content (AvgIpc) is 2.83. The number of ether oxygens (including phenoxy) is 1. The maximum absolute atomic E-state index is 12.0. The van der Waals surface area contributed by atoms with E-state index in [2.05, 4.69) is 5.32 Å². The number of hydrogen-bond acceptors (Lipinski definition) is 3. The highest BCUT2D eigenvalue weighted by molar-refractivity contribution is 6.30. The predicted octanol–water partition coefficient (Wildman–Crippen LogP) is 2.09. The first-order chi connectivity index (χ1) is 9.10. The zero-order valence-electron chi connectivity index (χ0n) is 11.0. The van der Waals surface area contributed by atoms with Crippen molar-refractivity contribution in [2.45, 2.75) is 31.8 Å². The van der Waals surface area contributed by atoms with Crippen molar-refractivity contribution < 1.29 is 9.53 Å². The van der Waals surface area contributed by atoms with Crippen LogP contribution in [0.5, 0.6) is 5.75 Å². The van der Waals surface area contributed by atoms with Crippen LogP contribution in [-0.4, -0.2) is 19.1 Å². The Bertz CT molecular complexity index is 465. The molecule has 0 aliphatic heterocycles. The second-order valence-electron chi connectivity index (χ2n) is 4.94. The zero-order valence-corrected chi connectivity index (χ0v) is 11.7. The van der Waals surface area contributed by atoms with Crippen LogP contribution in [0.1, 0.15) is 24.8 Å². The Balaban J connectivity index is 1.95. The lowest BCUT2D eigenvalue weighted by molar-refractivity contribution is -0.125. The van der Waals surface area contributed by atoms with E-state index >= 15 is 0 Å². The van der Waals surface area contributed by atoms with Crippen LogP contribution in [0, 0.1) is 5.92 Å². The van der Waals surface area contributed by atoms with Gasteiger partial charge in [0.1, 0.15) is 5.75 Å². The van der Waals surface area contributed by atoms with Gasteiger partial charge in [-0.2, -0.15) is 0 Å². The summed E-state index contributed by atoms with van der Waals surface area (Å²) in [6, 6.07) is 5.54. The summed E-state index contributed by atoms with van der Waals surface area (Å²) in [6.45, 7) is 0.425. The Morgan fingerprint density at radius 1 is 1.53 bits per heavy atom. The van der Waals surface area contributed by atoms with Crippen molar-refractivity contribution in [1.82, 2.24) is 5.32 Å². The molecular formula is C14H19ClN2O2. The normalized spacial score (nSPS) is 22.3. The first kappa shape index (κ1) is 14.2. The number of nitrogens with one attached hydrogen (secondary N) is 1. The summed E-state index contributed by atoms with van der Waals surface area (Å²) in [7, 11) is 1.60. The van der Waals surface area contributed by atoms with Gasteiger partial charge in [0, 0.05) is 29.1 Å². The minimum Gasteiger partial charge on any atom is -0.496 e. The summed E-state index contributed by atoms with van der Waals surface area (Å²) in [6.07, 6.45) is 2.58. The third kappa shape index (κ3) is 3.61. The van der Waals surface area contributed by atoms with Crippen molar-refractivity contribution in [1.29, 1.82) is 0 Å². The summed E-state index contributed by atoms with van der Waals surface area (Å²) in [5.41, 5.74) is 6.70. The van der Waals surface area contributed by atoms with Crippen LogP contribution in [0.3, 0.4) is 0 Å². The van der Waals surface area contributed by atoms with Crippen LogP contribution in [-0.2, 0) is 11.3 Å². The number of rotatable bonds is 4. The molecule has 1 amide bonds. The number of amides is 1. The third-order valence-electron chi connectivity index (χ3n) is 3.54. The summed E-state index contributed by atoms with van der Waals surface area (Å²) >= 11 is 5.95. The number of halogens is 1. The van der Waals surface area contributed by atoms with E-state index in [1.807, 2.05) is 0 Å². The van der Waals surface area contributed by atoms with Gasteiger partial charge in [0.05, 0.1) is 7.11 Å². The standard InChI is InChI=1S/C14H19ClN2O2/c1-19-13-5-3-11(15)6-10(13)8-17-14(18)9-2-4-12(16)7-9/h3,5-6,9,12H,2,4,7-8,16H2,1H3,(H,17,18). The Labute approximate surface area is 118 Å². The summed E-state index contributed by atoms with van der Waals surface area (Å²) in [4.78, 5) is 12.0. The molecule has 1 saturated carbocycles. The van der Waals surface area contributed by atoms with Crippen LogP contribution in [0.4, 0.5) is 0 Å². The van der Waals surface area contributed by atoms with E-state index in [-0.39, 0.29) is 17.9 Å². The van der Waals surface area contributed by atoms with Crippen molar-refractivity contribution >= 4 is 17.5 Å². The summed E-state index contributed by atoms with van der Waals surface area (Å²) in [5, 5.41) is 3.56. The van der Waals surface area contributed by atoms with E-state index in [4.69, 9.17) is 22.1 Å². The molecule has 0 radical (unpaired) electrons. The Morgan fingerprint density at radius 3 is 2.95 bits per heavy atom. The maximum Gasteiger partial charge on any atom is 0.223 e. The molecule has 19 heavy (non-hydrogen) atoms. The van der Waals surface area contributed by atoms with E-state index in [9.17, 15) is 4.79 Å². The molecule has 1 fully saturated rings. The first-order valence-electron chi connectivity index (χ1n) is 6.46. The molecule has 2 unspecified atom stereocenters. The van der Waals surface area contributed by atoms with Gasteiger partial charge in [-0.15, -0.1) is 0 Å². The van der Waals surface area contributed by atoms with Gasteiger partial charge in [0.15, 0.2) is 0 Å². The minimum atomic E-state index is 0.0418. The van der Waals surface area contributed by atoms with E-state index < -0.39 is 0 Å². The lowest BCUT2D eigenvalue weighted by atomic mass is 10.1. The summed E-state index contributed by atoms with van der Waals surface area (Å²) in [5.74, 6) is 0.836. The van der Waals surface area contributed by atoms with Crippen molar-refractivity contribution in [3.63, 3.8) is 0 Å². The van der Waals surface area contributed by atoms with E-state index in [0.717, 1.165) is 30.6 Å². The molecule has 104 valence electrons. The average molecular weight is 283 g/mol. The molecule has 1 aromatic carbocycles. The Morgan fingerprint density at radius 2 is 2.32 bits per heavy atom. The second kappa shape index (κ2) is 6.26. The molecule has 4 nitrogen and oxygen atoms in total. The molecular weight excluding hydrogens is 264 g/mol. The van der Waals surface area contributed by atoms with Gasteiger partial charge in [-0.25, -0.2) is 0 Å². The Kier molecular flexibility index (Phi) is 4.66. The van der Waals surface area contributed by atoms with E-state index in [1.54, 1.807) is 25.3 Å². The highest BCUT2D eigenvalue weighted by Crippen LogP contribution is 2.25. The van der Waals surface area contributed by atoms with Crippen molar-refractivity contribution in [2.75, 3.05) is 7.11 Å². The van der Waals surface area contributed by atoms with Gasteiger partial charge in [0.25, 0.3) is 0 Å². The van der Waals surface area contributed by atoms with Gasteiger partial charge >= 0.3 is 0 Å². The fraction of sp³-hybridized carbons (Fsp3) is 0.500. The number of nitrogens with two attached hydrogens (primary N) is 1. The van der Waals surface area contributed by atoms with Crippen molar-refractivity contribution in [2.24, 2.45) is 11.7 Å². The van der Waals surface area contributed by atoms with Crippen LogP contribution in [0.15, 0.2) is 18.2 Å². The third-order valence-corrected chi connectivity index (χ3v) is 3.77. The van der Waals surface area contributed by atoms with E-state index in [1.165, 1.54) is 0 Å². The van der Waals surface area contributed by atoms with Crippen LogP contribution >= 0.6 is 11.6 Å². The highest BCUT2D eigenvalue weighted by atomic mass is 35.5.